The summed E-state index contributed by atoms with van der Waals surface area (Å²) in [6.45, 7) is 4.72. The van der Waals surface area contributed by atoms with Gasteiger partial charge < -0.3 is 5.32 Å². The zero-order valence-corrected chi connectivity index (χ0v) is 28.3. The van der Waals surface area contributed by atoms with Crippen molar-refractivity contribution in [2.45, 2.75) is 29.1 Å². The number of hydrogen-bond acceptors (Lipinski definition) is 10. The van der Waals surface area contributed by atoms with Crippen LogP contribution < -0.4 is 5.32 Å². The molecule has 0 amide bonds. The number of nitrogens with one attached hydrogen (secondary N) is 1. The first-order chi connectivity index (χ1) is 20.1. The predicted molar refractivity (Wildman–Crippen MR) is 176 cm³/mol. The highest BCUT2D eigenvalue weighted by atomic mass is 35.7. The van der Waals surface area contributed by atoms with Crippen LogP contribution in [0.4, 0.5) is 0 Å². The second kappa shape index (κ2) is 13.4. The number of rotatable bonds is 3. The van der Waals surface area contributed by atoms with Crippen LogP contribution in [-0.4, -0.2) is 74.8 Å². The highest BCUT2D eigenvalue weighted by Gasteiger charge is 2.34. The van der Waals surface area contributed by atoms with Crippen LogP contribution in [0, 0.1) is 0 Å². The highest BCUT2D eigenvalue weighted by molar-refractivity contribution is 8.13. The molecule has 0 bridgehead atoms. The second-order valence-corrected chi connectivity index (χ2v) is 17.1. The van der Waals surface area contributed by atoms with Gasteiger partial charge in [0.15, 0.2) is 0 Å². The van der Waals surface area contributed by atoms with E-state index in [2.05, 4.69) is 15.3 Å². The highest BCUT2D eigenvalue weighted by Crippen LogP contribution is 2.33. The van der Waals surface area contributed by atoms with E-state index in [1.54, 1.807) is 50.7 Å². The molecule has 16 heteroatoms. The molecule has 5 heterocycles. The lowest BCUT2D eigenvalue weighted by Gasteiger charge is -2.18. The maximum Gasteiger partial charge on any atom is 0.261 e. The normalized spacial score (nSPS) is 18.7. The van der Waals surface area contributed by atoms with E-state index in [-0.39, 0.29) is 17.3 Å². The Labute approximate surface area is 274 Å². The number of sulfonamides is 1. The van der Waals surface area contributed by atoms with Gasteiger partial charge in [-0.2, -0.15) is 4.31 Å². The largest absolute Gasteiger partial charge is 0.309 e. The predicted octanol–water partition coefficient (Wildman–Crippen LogP) is 5.78. The van der Waals surface area contributed by atoms with Crippen molar-refractivity contribution in [3.63, 3.8) is 0 Å². The third-order valence-corrected chi connectivity index (χ3v) is 12.6. The molecule has 1 aliphatic carbocycles. The number of halogens is 3. The standard InChI is InChI=1S/C13H13N3O2S2.C7H4ClNO2S2.C7H10ClN.ClH/c17-20(18,16-6-9-4-14-5-10(9)7-16)11-1-2-12-13(3-11)19-8-15-12;8-13(10,11)5-1-2-6-7(3-5)12-4-9-6;8-9-4-6-2-1-3-7(6)5-9;/h1-3,8,14H,4-7H2;1-4H;1-5H2;1H. The molecule has 43 heavy (non-hydrogen) atoms. The van der Waals surface area contributed by atoms with Crippen molar-refractivity contribution in [1.82, 2.24) is 24.0 Å². The minimum Gasteiger partial charge on any atom is -0.309 e. The summed E-state index contributed by atoms with van der Waals surface area (Å²) in [5.74, 6) is 0. The Morgan fingerprint density at radius 3 is 1.79 bits per heavy atom. The third kappa shape index (κ3) is 7.27. The number of fused-ring (bicyclic) bond motifs is 2. The summed E-state index contributed by atoms with van der Waals surface area (Å²) in [5.41, 5.74) is 10.7. The fourth-order valence-electron chi connectivity index (χ4n) is 5.45. The molecule has 0 atom stereocenters. The Kier molecular flexibility index (Phi) is 10.2. The topological polar surface area (TPSA) is 113 Å². The van der Waals surface area contributed by atoms with Crippen molar-refractivity contribution in [3.05, 3.63) is 69.7 Å². The zero-order valence-electron chi connectivity index (χ0n) is 22.7. The molecule has 0 saturated carbocycles. The lowest BCUT2D eigenvalue weighted by molar-refractivity contribution is 0.473. The summed E-state index contributed by atoms with van der Waals surface area (Å²) in [6.07, 6.45) is 3.98. The van der Waals surface area contributed by atoms with Crippen LogP contribution in [0.15, 0.2) is 79.5 Å². The molecule has 230 valence electrons. The molecule has 4 aliphatic rings. The maximum absolute atomic E-state index is 12.7. The summed E-state index contributed by atoms with van der Waals surface area (Å²) < 4.78 is 52.5. The molecule has 1 N–H and O–H groups in total. The number of thiazole rings is 2. The second-order valence-electron chi connectivity index (χ2n) is 10.3. The van der Waals surface area contributed by atoms with E-state index in [1.165, 1.54) is 65.2 Å². The third-order valence-electron chi connectivity index (χ3n) is 7.62. The first kappa shape index (κ1) is 32.7. The lowest BCUT2D eigenvalue weighted by atomic mass is 10.2. The van der Waals surface area contributed by atoms with Gasteiger partial charge in [-0.1, -0.05) is 11.1 Å². The van der Waals surface area contributed by atoms with Crippen molar-refractivity contribution < 1.29 is 16.8 Å². The van der Waals surface area contributed by atoms with Gasteiger partial charge in [0.05, 0.1) is 41.2 Å². The summed E-state index contributed by atoms with van der Waals surface area (Å²) in [4.78, 5) is 8.68. The van der Waals surface area contributed by atoms with Crippen molar-refractivity contribution >= 4 is 97.0 Å². The number of benzene rings is 2. The minimum atomic E-state index is -3.62. The van der Waals surface area contributed by atoms with Gasteiger partial charge in [0.2, 0.25) is 10.0 Å². The average molecular weight is 721 g/mol. The fourth-order valence-corrected chi connectivity index (χ4v) is 9.56. The van der Waals surface area contributed by atoms with Gasteiger partial charge in [0.25, 0.3) is 9.05 Å². The zero-order chi connectivity index (χ0) is 29.5. The summed E-state index contributed by atoms with van der Waals surface area (Å²) in [6, 6.07) is 9.77. The molecular weight excluding hydrogens is 693 g/mol. The summed E-state index contributed by atoms with van der Waals surface area (Å²) >= 11 is 8.65. The van der Waals surface area contributed by atoms with E-state index in [1.807, 2.05) is 4.42 Å². The van der Waals surface area contributed by atoms with Crippen LogP contribution in [0.2, 0.25) is 0 Å². The van der Waals surface area contributed by atoms with Gasteiger partial charge in [0.1, 0.15) is 0 Å². The average Bonchev–Trinajstić information content (AvgIpc) is 3.76. The first-order valence-electron chi connectivity index (χ1n) is 13.2. The van der Waals surface area contributed by atoms with Crippen molar-refractivity contribution in [1.29, 1.82) is 0 Å². The van der Waals surface area contributed by atoms with Crippen LogP contribution in [-0.2, 0) is 19.1 Å². The Bertz CT molecular complexity index is 1910. The fraction of sp³-hybridized carbons (Fsp3) is 0.333. The van der Waals surface area contributed by atoms with Crippen LogP contribution in [0.1, 0.15) is 19.3 Å². The van der Waals surface area contributed by atoms with Gasteiger partial charge in [0, 0.05) is 50.0 Å². The molecule has 2 aromatic carbocycles. The van der Waals surface area contributed by atoms with Gasteiger partial charge in [-0.25, -0.2) is 31.2 Å². The molecule has 0 unspecified atom stereocenters. The molecule has 2 aromatic heterocycles. The summed E-state index contributed by atoms with van der Waals surface area (Å²) in [7, 11) is -1.85. The van der Waals surface area contributed by atoms with Crippen molar-refractivity contribution in [3.8, 4) is 0 Å². The Hall–Kier alpha value is -1.65. The molecule has 0 saturated heterocycles. The maximum atomic E-state index is 12.7. The van der Waals surface area contributed by atoms with Gasteiger partial charge >= 0.3 is 0 Å². The number of aromatic nitrogens is 2. The van der Waals surface area contributed by atoms with E-state index in [0.29, 0.717) is 18.0 Å². The SMILES string of the molecule is Cl.ClN1CC2=C(CCC2)C1.O=S(=O)(Cl)c1ccc2ncsc2c1.O=S(=O)(c1ccc2ncsc2c1)N1CC2=C(CNC2)C1. The quantitative estimate of drug-likeness (QED) is 0.161. The molecule has 0 radical (unpaired) electrons. The van der Waals surface area contributed by atoms with Crippen molar-refractivity contribution in [2.24, 2.45) is 0 Å². The van der Waals surface area contributed by atoms with E-state index >= 15 is 0 Å². The van der Waals surface area contributed by atoms with E-state index in [4.69, 9.17) is 22.5 Å². The van der Waals surface area contributed by atoms with Gasteiger partial charge in [-0.05, 0) is 78.6 Å². The molecular formula is C27H28Cl3N5O4S4. The van der Waals surface area contributed by atoms with Crippen LogP contribution in [0.25, 0.3) is 20.4 Å². The van der Waals surface area contributed by atoms with E-state index in [0.717, 1.165) is 46.6 Å². The molecule has 0 spiro atoms. The molecule has 9 nitrogen and oxygen atoms in total. The number of nitrogens with zero attached hydrogens (tertiary/aromatic N) is 4. The van der Waals surface area contributed by atoms with Crippen LogP contribution in [0.3, 0.4) is 0 Å². The Morgan fingerprint density at radius 2 is 1.26 bits per heavy atom. The van der Waals surface area contributed by atoms with Gasteiger partial charge in [-0.3, -0.25) is 0 Å². The van der Waals surface area contributed by atoms with Crippen molar-refractivity contribution in [2.75, 3.05) is 39.3 Å². The van der Waals surface area contributed by atoms with E-state index in [9.17, 15) is 16.8 Å². The molecule has 4 aromatic rings. The van der Waals surface area contributed by atoms with Crippen LogP contribution >= 0.6 is 57.5 Å². The monoisotopic (exact) mass is 719 g/mol. The Morgan fingerprint density at radius 1 is 0.744 bits per heavy atom. The Balaban J connectivity index is 0.000000138. The van der Waals surface area contributed by atoms with Gasteiger partial charge in [-0.15, -0.1) is 35.1 Å². The lowest BCUT2D eigenvalue weighted by Crippen LogP contribution is -2.32. The number of hydrogen-bond donors (Lipinski definition) is 1. The smallest absolute Gasteiger partial charge is 0.261 e. The molecule has 3 aliphatic heterocycles. The summed E-state index contributed by atoms with van der Waals surface area (Å²) in [5, 5.41) is 3.25. The minimum absolute atomic E-state index is 0. The molecule has 8 rings (SSSR count). The van der Waals surface area contributed by atoms with E-state index < -0.39 is 19.1 Å². The first-order valence-corrected chi connectivity index (χ1v) is 19.0. The molecule has 0 fully saturated rings. The van der Waals surface area contributed by atoms with Crippen LogP contribution in [0.5, 0.6) is 0 Å².